The smallest absolute Gasteiger partial charge is 0.118 e. The van der Waals surface area contributed by atoms with Gasteiger partial charge in [0.05, 0.1) is 7.11 Å². The molecule has 1 aromatic rings. The van der Waals surface area contributed by atoms with Gasteiger partial charge in [-0.2, -0.15) is 0 Å². The predicted octanol–water partition coefficient (Wildman–Crippen LogP) is 2.39. The van der Waals surface area contributed by atoms with Crippen molar-refractivity contribution in [3.63, 3.8) is 0 Å². The van der Waals surface area contributed by atoms with Crippen LogP contribution >= 0.6 is 0 Å². The first-order valence-corrected chi connectivity index (χ1v) is 8.14. The van der Waals surface area contributed by atoms with Crippen molar-refractivity contribution in [2.45, 2.75) is 24.9 Å². The van der Waals surface area contributed by atoms with Gasteiger partial charge in [0.2, 0.25) is 0 Å². The molecule has 3 heterocycles. The molecule has 0 spiro atoms. The number of hydrogen-bond acceptors (Lipinski definition) is 3. The van der Waals surface area contributed by atoms with Crippen LogP contribution in [-0.2, 0) is 0 Å². The minimum absolute atomic E-state index is 0.829. The highest BCUT2D eigenvalue weighted by Gasteiger charge is 2.53. The Morgan fingerprint density at radius 1 is 1.14 bits per heavy atom. The summed E-state index contributed by atoms with van der Waals surface area (Å²) in [6.45, 7) is 3.59. The lowest BCUT2D eigenvalue weighted by atomic mass is 9.82. The van der Waals surface area contributed by atoms with Crippen molar-refractivity contribution in [2.24, 2.45) is 11.8 Å². The summed E-state index contributed by atoms with van der Waals surface area (Å²) in [5.41, 5.74) is 1.25. The van der Waals surface area contributed by atoms with E-state index in [1.807, 2.05) is 12.1 Å². The monoisotopic (exact) mass is 284 g/mol. The quantitative estimate of drug-likeness (QED) is 0.919. The van der Waals surface area contributed by atoms with Crippen molar-refractivity contribution in [2.75, 3.05) is 26.7 Å². The van der Waals surface area contributed by atoms with Gasteiger partial charge in [-0.1, -0.05) is 24.3 Å². The van der Waals surface area contributed by atoms with Gasteiger partial charge in [0.25, 0.3) is 0 Å². The topological polar surface area (TPSA) is 24.5 Å². The molecule has 3 fully saturated rings. The normalized spacial score (nSPS) is 34.7. The molecule has 0 unspecified atom stereocenters. The Hall–Kier alpha value is -1.32. The Labute approximate surface area is 127 Å². The summed E-state index contributed by atoms with van der Waals surface area (Å²) >= 11 is 0. The summed E-state index contributed by atoms with van der Waals surface area (Å²) in [5.74, 6) is 2.75. The number of benzene rings is 1. The Balaban J connectivity index is 1.39. The molecule has 4 rings (SSSR count). The van der Waals surface area contributed by atoms with E-state index in [0.29, 0.717) is 0 Å². The summed E-state index contributed by atoms with van der Waals surface area (Å²) in [6.07, 6.45) is 7.39. The summed E-state index contributed by atoms with van der Waals surface area (Å²) in [4.78, 5) is 2.76. The fraction of sp³-hybridized carbons (Fsp3) is 0.556. The van der Waals surface area contributed by atoms with Crippen LogP contribution in [0.25, 0.3) is 6.08 Å². The number of nitrogens with one attached hydrogen (secondary N) is 1. The Morgan fingerprint density at radius 3 is 2.43 bits per heavy atom. The standard InChI is InChI=1S/C18H24N2O/c1-21-14-6-4-13(5-7-14)3-2-10-20-17-8-9-18(20)16-12-19-11-15(16)17/h2-7,15-19H,8-12H2,1H3/b3-2+/t15-,16+,17-,18+. The van der Waals surface area contributed by atoms with Crippen LogP contribution in [0.1, 0.15) is 18.4 Å². The highest BCUT2D eigenvalue weighted by Crippen LogP contribution is 2.47. The van der Waals surface area contributed by atoms with Crippen molar-refractivity contribution < 1.29 is 4.74 Å². The first kappa shape index (κ1) is 13.4. The Bertz CT molecular complexity index is 507. The van der Waals surface area contributed by atoms with Crippen LogP contribution in [0.5, 0.6) is 5.75 Å². The molecule has 1 aromatic carbocycles. The zero-order valence-corrected chi connectivity index (χ0v) is 12.7. The highest BCUT2D eigenvalue weighted by atomic mass is 16.5. The number of methoxy groups -OCH3 is 1. The van der Waals surface area contributed by atoms with E-state index in [-0.39, 0.29) is 0 Å². The molecule has 4 atom stereocenters. The number of nitrogens with zero attached hydrogens (tertiary/aromatic N) is 1. The van der Waals surface area contributed by atoms with Crippen LogP contribution in [0.2, 0.25) is 0 Å². The van der Waals surface area contributed by atoms with E-state index in [1.54, 1.807) is 7.11 Å². The van der Waals surface area contributed by atoms with E-state index in [1.165, 1.54) is 31.5 Å². The number of fused-ring (bicyclic) bond motifs is 5. The molecule has 0 aliphatic carbocycles. The highest BCUT2D eigenvalue weighted by molar-refractivity contribution is 5.50. The fourth-order valence-corrected chi connectivity index (χ4v) is 4.70. The number of ether oxygens (including phenoxy) is 1. The van der Waals surface area contributed by atoms with Gasteiger partial charge in [-0.25, -0.2) is 0 Å². The van der Waals surface area contributed by atoms with Gasteiger partial charge in [-0.05, 0) is 55.5 Å². The maximum atomic E-state index is 5.20. The maximum Gasteiger partial charge on any atom is 0.118 e. The van der Waals surface area contributed by atoms with Crippen LogP contribution in [0.3, 0.4) is 0 Å². The molecule has 3 nitrogen and oxygen atoms in total. The molecule has 2 bridgehead atoms. The molecule has 3 aliphatic heterocycles. The molecule has 3 heteroatoms. The lowest BCUT2D eigenvalue weighted by Crippen LogP contribution is -2.34. The van der Waals surface area contributed by atoms with Gasteiger partial charge in [0.15, 0.2) is 0 Å². The molecule has 3 aliphatic rings. The Kier molecular flexibility index (Phi) is 3.48. The molecule has 3 saturated heterocycles. The first-order valence-electron chi connectivity index (χ1n) is 8.14. The van der Waals surface area contributed by atoms with Crippen LogP contribution in [0, 0.1) is 11.8 Å². The van der Waals surface area contributed by atoms with Gasteiger partial charge in [0.1, 0.15) is 5.75 Å². The van der Waals surface area contributed by atoms with E-state index in [2.05, 4.69) is 34.5 Å². The SMILES string of the molecule is COc1ccc(/C=C/CN2[C@@H]3CC[C@H]2[C@H]2CNC[C@H]23)cc1. The summed E-state index contributed by atoms with van der Waals surface area (Å²) in [6, 6.07) is 9.94. The second kappa shape index (κ2) is 5.47. The third kappa shape index (κ3) is 2.29. The molecule has 112 valence electrons. The predicted molar refractivity (Wildman–Crippen MR) is 85.4 cm³/mol. The molecular weight excluding hydrogens is 260 g/mol. The van der Waals surface area contributed by atoms with Gasteiger partial charge in [0, 0.05) is 18.6 Å². The number of hydrogen-bond donors (Lipinski definition) is 1. The molecule has 0 radical (unpaired) electrons. The van der Waals surface area contributed by atoms with E-state index in [0.717, 1.165) is 36.2 Å². The van der Waals surface area contributed by atoms with Crippen LogP contribution < -0.4 is 10.1 Å². The van der Waals surface area contributed by atoms with Crippen molar-refractivity contribution in [3.05, 3.63) is 35.9 Å². The average molecular weight is 284 g/mol. The minimum atomic E-state index is 0.829. The van der Waals surface area contributed by atoms with E-state index in [4.69, 9.17) is 4.74 Å². The zero-order chi connectivity index (χ0) is 14.2. The minimum Gasteiger partial charge on any atom is -0.497 e. The van der Waals surface area contributed by atoms with E-state index < -0.39 is 0 Å². The van der Waals surface area contributed by atoms with Crippen LogP contribution in [0.15, 0.2) is 30.3 Å². The van der Waals surface area contributed by atoms with Crippen LogP contribution in [-0.4, -0.2) is 43.7 Å². The molecule has 0 amide bonds. The molecule has 0 saturated carbocycles. The van der Waals surface area contributed by atoms with Crippen molar-refractivity contribution in [3.8, 4) is 5.75 Å². The second-order valence-corrected chi connectivity index (χ2v) is 6.57. The Morgan fingerprint density at radius 2 is 1.81 bits per heavy atom. The van der Waals surface area contributed by atoms with Gasteiger partial charge in [-0.3, -0.25) is 4.90 Å². The molecule has 0 aromatic heterocycles. The summed E-state index contributed by atoms with van der Waals surface area (Å²) in [5, 5.41) is 3.58. The first-order chi connectivity index (χ1) is 10.4. The second-order valence-electron chi connectivity index (χ2n) is 6.57. The summed E-state index contributed by atoms with van der Waals surface area (Å²) in [7, 11) is 1.71. The molecule has 1 N–H and O–H groups in total. The summed E-state index contributed by atoms with van der Waals surface area (Å²) < 4.78 is 5.20. The lowest BCUT2D eigenvalue weighted by Gasteiger charge is -2.22. The van der Waals surface area contributed by atoms with Crippen molar-refractivity contribution >= 4 is 6.08 Å². The molecular formula is C18H24N2O. The fourth-order valence-electron chi connectivity index (χ4n) is 4.70. The van der Waals surface area contributed by atoms with E-state index >= 15 is 0 Å². The van der Waals surface area contributed by atoms with Gasteiger partial charge in [-0.15, -0.1) is 0 Å². The van der Waals surface area contributed by atoms with Crippen LogP contribution in [0.4, 0.5) is 0 Å². The molecule has 21 heavy (non-hydrogen) atoms. The lowest BCUT2D eigenvalue weighted by molar-refractivity contribution is 0.253. The largest absolute Gasteiger partial charge is 0.497 e. The van der Waals surface area contributed by atoms with Crippen molar-refractivity contribution in [1.29, 1.82) is 0 Å². The third-order valence-corrected chi connectivity index (χ3v) is 5.65. The van der Waals surface area contributed by atoms with Gasteiger partial charge < -0.3 is 10.1 Å². The van der Waals surface area contributed by atoms with Gasteiger partial charge >= 0.3 is 0 Å². The third-order valence-electron chi connectivity index (χ3n) is 5.65. The maximum absolute atomic E-state index is 5.20. The van der Waals surface area contributed by atoms with Crippen molar-refractivity contribution in [1.82, 2.24) is 10.2 Å². The van der Waals surface area contributed by atoms with E-state index in [9.17, 15) is 0 Å². The average Bonchev–Trinajstić information content (AvgIpc) is 3.20. The zero-order valence-electron chi connectivity index (χ0n) is 12.7. The number of rotatable bonds is 4.